The summed E-state index contributed by atoms with van der Waals surface area (Å²) in [5.74, 6) is -2.87. The number of hydrogen-bond donors (Lipinski definition) is 3. The predicted molar refractivity (Wildman–Crippen MR) is 118 cm³/mol. The molecule has 3 rings (SSSR count). The van der Waals surface area contributed by atoms with Crippen LogP contribution in [0, 0.1) is 11.6 Å². The lowest BCUT2D eigenvalue weighted by molar-refractivity contribution is 0.0375. The molecule has 0 unspecified atom stereocenters. The zero-order chi connectivity index (χ0) is 23.8. The number of carboxylic acid groups (broad SMARTS) is 1. The monoisotopic (exact) mass is 484 g/mol. The lowest BCUT2D eigenvalue weighted by Gasteiger charge is -2.26. The van der Waals surface area contributed by atoms with E-state index in [1.54, 1.807) is 6.92 Å². The summed E-state index contributed by atoms with van der Waals surface area (Å²) >= 11 is 0.726. The number of morpholine rings is 1. The van der Waals surface area contributed by atoms with Gasteiger partial charge in [0.15, 0.2) is 5.56 Å². The van der Waals surface area contributed by atoms with Crippen LogP contribution < -0.4 is 15.4 Å². The molecule has 3 N–H and O–H groups in total. The Labute approximate surface area is 193 Å². The van der Waals surface area contributed by atoms with Crippen molar-refractivity contribution in [2.45, 2.75) is 26.4 Å². The number of nitrogens with zero attached hydrogens (tertiary/aromatic N) is 2. The highest BCUT2D eigenvalue weighted by Gasteiger charge is 2.24. The minimum Gasteiger partial charge on any atom is -0.477 e. The van der Waals surface area contributed by atoms with E-state index < -0.39 is 30.2 Å². The van der Waals surface area contributed by atoms with Gasteiger partial charge in [0.2, 0.25) is 5.88 Å². The fraction of sp³-hybridized carbons (Fsp3) is 0.476. The van der Waals surface area contributed by atoms with Gasteiger partial charge in [0.05, 0.1) is 13.2 Å². The van der Waals surface area contributed by atoms with Crippen LogP contribution in [-0.4, -0.2) is 65.8 Å². The largest absolute Gasteiger partial charge is 0.477 e. The maximum absolute atomic E-state index is 14.2. The van der Waals surface area contributed by atoms with Crippen LogP contribution in [0.5, 0.6) is 5.88 Å². The molecule has 9 nitrogen and oxygen atoms in total. The molecule has 1 aliphatic heterocycles. The van der Waals surface area contributed by atoms with Crippen LogP contribution in [0.15, 0.2) is 12.1 Å². The van der Waals surface area contributed by atoms with E-state index in [-0.39, 0.29) is 27.6 Å². The van der Waals surface area contributed by atoms with Crippen molar-refractivity contribution in [1.29, 1.82) is 0 Å². The molecule has 0 aliphatic carbocycles. The van der Waals surface area contributed by atoms with Crippen molar-refractivity contribution >= 4 is 28.5 Å². The maximum Gasteiger partial charge on any atom is 0.344 e. The molecular weight excluding hydrogens is 458 g/mol. The molecule has 0 saturated carbocycles. The smallest absolute Gasteiger partial charge is 0.344 e. The summed E-state index contributed by atoms with van der Waals surface area (Å²) in [7, 11) is 0. The van der Waals surface area contributed by atoms with Gasteiger partial charge < -0.3 is 19.9 Å². The van der Waals surface area contributed by atoms with E-state index in [2.05, 4.69) is 19.9 Å². The lowest BCUT2D eigenvalue weighted by Crippen LogP contribution is -2.38. The summed E-state index contributed by atoms with van der Waals surface area (Å²) in [6.45, 7) is 5.64. The molecule has 180 valence electrons. The van der Waals surface area contributed by atoms with Crippen molar-refractivity contribution in [1.82, 2.24) is 14.6 Å². The Hall–Kier alpha value is -2.83. The average molecular weight is 485 g/mol. The summed E-state index contributed by atoms with van der Waals surface area (Å²) in [5, 5.41) is 14.7. The van der Waals surface area contributed by atoms with Gasteiger partial charge in [0.25, 0.3) is 0 Å². The molecule has 1 saturated heterocycles. The third kappa shape index (κ3) is 6.83. The van der Waals surface area contributed by atoms with E-state index in [4.69, 9.17) is 9.47 Å². The molecule has 0 radical (unpaired) electrons. The number of nitrogens with one attached hydrogen (secondary N) is 2. The molecule has 2 aromatic rings. The third-order valence-electron chi connectivity index (χ3n) is 5.10. The first-order valence-corrected chi connectivity index (χ1v) is 11.3. The fourth-order valence-corrected chi connectivity index (χ4v) is 4.00. The fourth-order valence-electron chi connectivity index (χ4n) is 3.28. The van der Waals surface area contributed by atoms with Crippen molar-refractivity contribution in [2.24, 2.45) is 0 Å². The molecule has 1 aromatic carbocycles. The number of carboxylic acids is 1. The number of halogens is 2. The number of benzene rings is 1. The number of aromatic carboxylic acids is 1. The van der Waals surface area contributed by atoms with Crippen LogP contribution >= 0.6 is 11.5 Å². The van der Waals surface area contributed by atoms with E-state index in [1.165, 1.54) is 0 Å². The van der Waals surface area contributed by atoms with Gasteiger partial charge in [-0.3, -0.25) is 10.2 Å². The van der Waals surface area contributed by atoms with Crippen LogP contribution in [-0.2, 0) is 17.8 Å². The highest BCUT2D eigenvalue weighted by Crippen LogP contribution is 2.31. The number of aromatic nitrogens is 1. The van der Waals surface area contributed by atoms with E-state index in [0.717, 1.165) is 49.7 Å². The molecule has 1 aromatic heterocycles. The second kappa shape index (κ2) is 11.9. The van der Waals surface area contributed by atoms with Gasteiger partial charge in [0.1, 0.15) is 23.2 Å². The summed E-state index contributed by atoms with van der Waals surface area (Å²) in [6, 6.07) is 1.53. The Morgan fingerprint density at radius 2 is 1.94 bits per heavy atom. The van der Waals surface area contributed by atoms with Crippen LogP contribution in [0.4, 0.5) is 18.6 Å². The Kier molecular flexibility index (Phi) is 8.92. The average Bonchev–Trinajstić information content (AvgIpc) is 3.20. The van der Waals surface area contributed by atoms with Crippen molar-refractivity contribution in [3.8, 4) is 5.88 Å². The van der Waals surface area contributed by atoms with Gasteiger partial charge in [-0.05, 0) is 48.6 Å². The van der Waals surface area contributed by atoms with Crippen molar-refractivity contribution in [3.05, 3.63) is 40.5 Å². The van der Waals surface area contributed by atoms with Gasteiger partial charge in [-0.15, -0.1) is 0 Å². The first-order chi connectivity index (χ1) is 15.9. The zero-order valence-electron chi connectivity index (χ0n) is 18.2. The number of rotatable bonds is 10. The van der Waals surface area contributed by atoms with Crippen LogP contribution in [0.3, 0.4) is 0 Å². The molecule has 12 heteroatoms. The second-order valence-electron chi connectivity index (χ2n) is 7.36. The zero-order valence-corrected chi connectivity index (χ0v) is 19.0. The number of amides is 2. The molecule has 33 heavy (non-hydrogen) atoms. The van der Waals surface area contributed by atoms with Gasteiger partial charge in [-0.1, -0.05) is 6.92 Å². The van der Waals surface area contributed by atoms with Gasteiger partial charge in [0, 0.05) is 25.2 Å². The molecule has 0 atom stereocenters. The predicted octanol–water partition coefficient (Wildman–Crippen LogP) is 3.10. The standard InChI is InChI=1S/C21H26F2N4O5S/c1-2-13-10-16(23)14(11-15(13)22)12-32-18-17(20(28)29)19(33-26-18)25-21(30)24-4-3-5-27-6-8-31-9-7-27/h10-11H,2-9,12H2,1H3,(H,28,29)(H2,24,25,30). The topological polar surface area (TPSA) is 113 Å². The van der Waals surface area contributed by atoms with E-state index in [0.29, 0.717) is 26.2 Å². The number of urea groups is 1. The van der Waals surface area contributed by atoms with Crippen molar-refractivity contribution in [2.75, 3.05) is 44.7 Å². The van der Waals surface area contributed by atoms with Crippen LogP contribution in [0.1, 0.15) is 34.8 Å². The van der Waals surface area contributed by atoms with Gasteiger partial charge >= 0.3 is 12.0 Å². The number of carbonyl (C=O) groups excluding carboxylic acids is 1. The van der Waals surface area contributed by atoms with Gasteiger partial charge in [-0.25, -0.2) is 18.4 Å². The molecule has 2 heterocycles. The van der Waals surface area contributed by atoms with Crippen LogP contribution in [0.2, 0.25) is 0 Å². The summed E-state index contributed by atoms with van der Waals surface area (Å²) in [5.41, 5.74) is -0.185. The van der Waals surface area contributed by atoms with Crippen molar-refractivity contribution < 1.29 is 33.0 Å². The molecule has 2 amide bonds. The summed E-state index contributed by atoms with van der Waals surface area (Å²) in [6.07, 6.45) is 1.07. The SMILES string of the molecule is CCc1cc(F)c(COc2nsc(NC(=O)NCCCN3CCOCC3)c2C(=O)O)cc1F. The molecule has 1 fully saturated rings. The molecule has 1 aliphatic rings. The Bertz CT molecular complexity index is 982. The number of ether oxygens (including phenoxy) is 2. The Balaban J connectivity index is 1.55. The van der Waals surface area contributed by atoms with E-state index in [1.807, 2.05) is 0 Å². The highest BCUT2D eigenvalue weighted by atomic mass is 32.1. The molecule has 0 spiro atoms. The Morgan fingerprint density at radius 1 is 1.24 bits per heavy atom. The number of aryl methyl sites for hydroxylation is 1. The second-order valence-corrected chi connectivity index (χ2v) is 8.14. The lowest BCUT2D eigenvalue weighted by atomic mass is 10.1. The highest BCUT2D eigenvalue weighted by molar-refractivity contribution is 7.11. The maximum atomic E-state index is 14.2. The minimum absolute atomic E-state index is 0.0174. The first kappa shape index (κ1) is 24.8. The summed E-state index contributed by atoms with van der Waals surface area (Å²) < 4.78 is 42.7. The number of hydrogen-bond acceptors (Lipinski definition) is 7. The minimum atomic E-state index is -1.37. The van der Waals surface area contributed by atoms with E-state index in [9.17, 15) is 23.5 Å². The quantitative estimate of drug-likeness (QED) is 0.444. The molecular formula is C21H26F2N4O5S. The number of anilines is 1. The Morgan fingerprint density at radius 3 is 2.64 bits per heavy atom. The number of carbonyl (C=O) groups is 2. The third-order valence-corrected chi connectivity index (χ3v) is 5.85. The van der Waals surface area contributed by atoms with Gasteiger partial charge in [-0.2, -0.15) is 4.37 Å². The van der Waals surface area contributed by atoms with E-state index >= 15 is 0 Å². The summed E-state index contributed by atoms with van der Waals surface area (Å²) in [4.78, 5) is 26.1. The normalized spacial score (nSPS) is 14.2. The van der Waals surface area contributed by atoms with Crippen LogP contribution in [0.25, 0.3) is 0 Å². The first-order valence-electron chi connectivity index (χ1n) is 10.6. The molecule has 0 bridgehead atoms. The van der Waals surface area contributed by atoms with Crippen molar-refractivity contribution in [3.63, 3.8) is 0 Å².